The number of imide groups is 1. The standard InChI is InChI=1S/C28H27ClN2O2/c1-18(2)21-10-14-24(15-11-21)30-26-25(22-8-4-19(3)5-9-22)27(32)31(28(26)33)17-16-20-6-12-23(29)13-7-20/h4-15,18,30H,16-17H2,1-3H3. The van der Waals surface area contributed by atoms with Crippen molar-refractivity contribution in [1.82, 2.24) is 4.90 Å². The molecule has 1 heterocycles. The Labute approximate surface area is 199 Å². The van der Waals surface area contributed by atoms with Crippen LogP contribution < -0.4 is 5.32 Å². The number of halogens is 1. The molecule has 0 radical (unpaired) electrons. The third-order valence-electron chi connectivity index (χ3n) is 5.89. The average molecular weight is 459 g/mol. The van der Waals surface area contributed by atoms with Crippen LogP contribution in [0.25, 0.3) is 5.57 Å². The number of hydrogen-bond acceptors (Lipinski definition) is 3. The van der Waals surface area contributed by atoms with Crippen LogP contribution >= 0.6 is 11.6 Å². The molecule has 0 spiro atoms. The van der Waals surface area contributed by atoms with Gasteiger partial charge in [-0.05, 0) is 60.2 Å². The van der Waals surface area contributed by atoms with Gasteiger partial charge in [0.05, 0.1) is 5.57 Å². The number of nitrogens with one attached hydrogen (secondary N) is 1. The molecule has 0 atom stereocenters. The highest BCUT2D eigenvalue weighted by atomic mass is 35.5. The Morgan fingerprint density at radius 1 is 0.848 bits per heavy atom. The Morgan fingerprint density at radius 2 is 1.48 bits per heavy atom. The summed E-state index contributed by atoms with van der Waals surface area (Å²) in [6, 6.07) is 23.1. The fourth-order valence-corrected chi connectivity index (χ4v) is 4.00. The van der Waals surface area contributed by atoms with E-state index in [4.69, 9.17) is 11.6 Å². The molecular weight excluding hydrogens is 432 g/mol. The molecule has 4 nitrogen and oxygen atoms in total. The second-order valence-corrected chi connectivity index (χ2v) is 9.09. The average Bonchev–Trinajstić information content (AvgIpc) is 3.03. The summed E-state index contributed by atoms with van der Waals surface area (Å²) in [5.74, 6) is -0.170. The fraction of sp³-hybridized carbons (Fsp3) is 0.214. The van der Waals surface area contributed by atoms with E-state index >= 15 is 0 Å². The van der Waals surface area contributed by atoms with Crippen molar-refractivity contribution in [1.29, 1.82) is 0 Å². The summed E-state index contributed by atoms with van der Waals surface area (Å²) in [7, 11) is 0. The molecule has 0 unspecified atom stereocenters. The number of amides is 2. The van der Waals surface area contributed by atoms with E-state index in [9.17, 15) is 9.59 Å². The summed E-state index contributed by atoms with van der Waals surface area (Å²) < 4.78 is 0. The van der Waals surface area contributed by atoms with E-state index in [-0.39, 0.29) is 11.8 Å². The van der Waals surface area contributed by atoms with E-state index in [2.05, 4.69) is 19.2 Å². The molecule has 0 aromatic heterocycles. The van der Waals surface area contributed by atoms with Crippen LogP contribution in [0.15, 0.2) is 78.5 Å². The topological polar surface area (TPSA) is 49.4 Å². The van der Waals surface area contributed by atoms with E-state index in [0.29, 0.717) is 35.2 Å². The number of anilines is 1. The third-order valence-corrected chi connectivity index (χ3v) is 6.14. The van der Waals surface area contributed by atoms with Crippen molar-refractivity contribution in [2.45, 2.75) is 33.1 Å². The Balaban J connectivity index is 1.63. The summed E-state index contributed by atoms with van der Waals surface area (Å²) in [6.07, 6.45) is 0.562. The molecule has 0 bridgehead atoms. The number of hydrogen-bond donors (Lipinski definition) is 1. The van der Waals surface area contributed by atoms with Crippen molar-refractivity contribution in [3.05, 3.63) is 106 Å². The van der Waals surface area contributed by atoms with Crippen molar-refractivity contribution in [2.24, 2.45) is 0 Å². The molecule has 1 aliphatic heterocycles. The minimum Gasteiger partial charge on any atom is -0.350 e. The van der Waals surface area contributed by atoms with Crippen LogP contribution in [0.2, 0.25) is 5.02 Å². The Hall–Kier alpha value is -3.37. The Kier molecular flexibility index (Phi) is 6.66. The van der Waals surface area contributed by atoms with Gasteiger partial charge in [0, 0.05) is 17.3 Å². The van der Waals surface area contributed by atoms with Gasteiger partial charge in [-0.2, -0.15) is 0 Å². The predicted molar refractivity (Wildman–Crippen MR) is 134 cm³/mol. The lowest BCUT2D eigenvalue weighted by Gasteiger charge is -2.15. The number of rotatable bonds is 7. The van der Waals surface area contributed by atoms with Crippen LogP contribution in [-0.2, 0) is 16.0 Å². The van der Waals surface area contributed by atoms with Gasteiger partial charge in [-0.1, -0.05) is 79.5 Å². The zero-order chi connectivity index (χ0) is 23.5. The number of benzene rings is 3. The minimum absolute atomic E-state index is 0.279. The quantitative estimate of drug-likeness (QED) is 0.428. The smallest absolute Gasteiger partial charge is 0.278 e. The second kappa shape index (κ2) is 9.63. The Morgan fingerprint density at radius 3 is 2.09 bits per heavy atom. The number of aryl methyl sites for hydroxylation is 1. The summed E-state index contributed by atoms with van der Waals surface area (Å²) in [6.45, 7) is 6.57. The minimum atomic E-state index is -0.308. The van der Waals surface area contributed by atoms with Crippen LogP contribution in [0.1, 0.15) is 42.0 Å². The molecule has 5 heteroatoms. The lowest BCUT2D eigenvalue weighted by Crippen LogP contribution is -2.34. The van der Waals surface area contributed by atoms with Crippen LogP contribution in [-0.4, -0.2) is 23.3 Å². The molecule has 168 valence electrons. The van der Waals surface area contributed by atoms with Gasteiger partial charge in [0.1, 0.15) is 5.70 Å². The molecule has 0 fully saturated rings. The third kappa shape index (κ3) is 5.01. The zero-order valence-electron chi connectivity index (χ0n) is 19.1. The largest absolute Gasteiger partial charge is 0.350 e. The van der Waals surface area contributed by atoms with Gasteiger partial charge >= 0.3 is 0 Å². The maximum absolute atomic E-state index is 13.4. The van der Waals surface area contributed by atoms with Gasteiger partial charge < -0.3 is 5.32 Å². The first-order valence-corrected chi connectivity index (χ1v) is 11.5. The normalized spacial score (nSPS) is 13.9. The molecule has 1 N–H and O–H groups in total. The van der Waals surface area contributed by atoms with Gasteiger partial charge in [-0.15, -0.1) is 0 Å². The van der Waals surface area contributed by atoms with Gasteiger partial charge in [0.25, 0.3) is 11.8 Å². The van der Waals surface area contributed by atoms with E-state index in [1.54, 1.807) is 0 Å². The molecule has 0 saturated carbocycles. The number of carbonyl (C=O) groups is 2. The predicted octanol–water partition coefficient (Wildman–Crippen LogP) is 6.21. The molecule has 2 amide bonds. The molecule has 0 saturated heterocycles. The van der Waals surface area contributed by atoms with Gasteiger partial charge in [-0.25, -0.2) is 0 Å². The second-order valence-electron chi connectivity index (χ2n) is 8.66. The summed E-state index contributed by atoms with van der Waals surface area (Å²) >= 11 is 5.97. The molecule has 3 aromatic rings. The lowest BCUT2D eigenvalue weighted by atomic mass is 10.0. The first-order valence-electron chi connectivity index (χ1n) is 11.1. The maximum atomic E-state index is 13.4. The molecule has 3 aromatic carbocycles. The molecule has 1 aliphatic rings. The van der Waals surface area contributed by atoms with Crippen molar-refractivity contribution in [2.75, 3.05) is 11.9 Å². The van der Waals surface area contributed by atoms with E-state index in [0.717, 1.165) is 22.4 Å². The van der Waals surface area contributed by atoms with Crippen LogP contribution in [0, 0.1) is 6.92 Å². The molecular formula is C28H27ClN2O2. The van der Waals surface area contributed by atoms with Crippen molar-refractivity contribution < 1.29 is 9.59 Å². The molecule has 0 aliphatic carbocycles. The monoisotopic (exact) mass is 458 g/mol. The number of carbonyl (C=O) groups excluding carboxylic acids is 2. The summed E-state index contributed by atoms with van der Waals surface area (Å²) in [5.41, 5.74) is 5.55. The number of nitrogens with zero attached hydrogens (tertiary/aromatic N) is 1. The van der Waals surface area contributed by atoms with Crippen LogP contribution in [0.5, 0.6) is 0 Å². The van der Waals surface area contributed by atoms with E-state index in [1.807, 2.05) is 79.7 Å². The molecule has 33 heavy (non-hydrogen) atoms. The fourth-order valence-electron chi connectivity index (χ4n) is 3.87. The van der Waals surface area contributed by atoms with Crippen molar-refractivity contribution >= 4 is 34.7 Å². The first-order chi connectivity index (χ1) is 15.8. The summed E-state index contributed by atoms with van der Waals surface area (Å²) in [4.78, 5) is 28.1. The SMILES string of the molecule is Cc1ccc(C2=C(Nc3ccc(C(C)C)cc3)C(=O)N(CCc3ccc(Cl)cc3)C2=O)cc1. The van der Waals surface area contributed by atoms with Gasteiger partial charge in [-0.3, -0.25) is 14.5 Å². The maximum Gasteiger partial charge on any atom is 0.278 e. The van der Waals surface area contributed by atoms with E-state index in [1.165, 1.54) is 10.5 Å². The van der Waals surface area contributed by atoms with Crippen molar-refractivity contribution in [3.8, 4) is 0 Å². The lowest BCUT2D eigenvalue weighted by molar-refractivity contribution is -0.136. The highest BCUT2D eigenvalue weighted by molar-refractivity contribution is 6.36. The Bertz CT molecular complexity index is 1190. The summed E-state index contributed by atoms with van der Waals surface area (Å²) in [5, 5.41) is 3.89. The highest BCUT2D eigenvalue weighted by Crippen LogP contribution is 2.31. The van der Waals surface area contributed by atoms with Crippen LogP contribution in [0.3, 0.4) is 0 Å². The first kappa shape index (κ1) is 22.8. The van der Waals surface area contributed by atoms with E-state index < -0.39 is 0 Å². The molecule has 4 rings (SSSR count). The van der Waals surface area contributed by atoms with Crippen LogP contribution in [0.4, 0.5) is 5.69 Å². The van der Waals surface area contributed by atoms with Gasteiger partial charge in [0.2, 0.25) is 0 Å². The van der Waals surface area contributed by atoms with Gasteiger partial charge in [0.15, 0.2) is 0 Å². The highest BCUT2D eigenvalue weighted by Gasteiger charge is 2.38. The zero-order valence-corrected chi connectivity index (χ0v) is 19.8. The van der Waals surface area contributed by atoms with Crippen molar-refractivity contribution in [3.63, 3.8) is 0 Å².